The van der Waals surface area contributed by atoms with Gasteiger partial charge < -0.3 is 10.8 Å². The second-order valence-electron chi connectivity index (χ2n) is 2.81. The van der Waals surface area contributed by atoms with Crippen LogP contribution in [0.4, 0.5) is 0 Å². The molecule has 5 nitrogen and oxygen atoms in total. The van der Waals surface area contributed by atoms with Crippen LogP contribution in [0.25, 0.3) is 5.70 Å². The molecule has 1 aromatic carbocycles. The lowest BCUT2D eigenvalue weighted by Gasteiger charge is -2.01. The van der Waals surface area contributed by atoms with E-state index in [9.17, 15) is 10.1 Å². The van der Waals surface area contributed by atoms with Crippen LogP contribution < -0.4 is 5.73 Å². The molecular formula is C9H10N2O3. The Morgan fingerprint density at radius 3 is 2.71 bits per heavy atom. The number of phenols is 1. The molecule has 0 aliphatic carbocycles. The molecule has 0 spiro atoms. The first-order valence-electron chi connectivity index (χ1n) is 3.92. The minimum absolute atomic E-state index is 0.0293. The summed E-state index contributed by atoms with van der Waals surface area (Å²) in [6.07, 6.45) is 0. The van der Waals surface area contributed by atoms with E-state index in [4.69, 9.17) is 10.8 Å². The Kier molecular flexibility index (Phi) is 2.71. The van der Waals surface area contributed by atoms with E-state index in [-0.39, 0.29) is 17.1 Å². The zero-order valence-corrected chi connectivity index (χ0v) is 7.60. The molecule has 5 heteroatoms. The molecule has 0 radical (unpaired) electrons. The molecule has 0 amide bonds. The summed E-state index contributed by atoms with van der Waals surface area (Å²) >= 11 is 0. The fraction of sp³-hybridized carbons (Fsp3) is 0.111. The van der Waals surface area contributed by atoms with E-state index in [0.717, 1.165) is 0 Å². The van der Waals surface area contributed by atoms with E-state index in [1.54, 1.807) is 12.1 Å². The third kappa shape index (κ3) is 2.01. The van der Waals surface area contributed by atoms with E-state index >= 15 is 0 Å². The van der Waals surface area contributed by atoms with E-state index in [1.807, 2.05) is 0 Å². The zero-order valence-electron chi connectivity index (χ0n) is 7.60. The zero-order chi connectivity index (χ0) is 10.7. The number of aromatic hydroxyl groups is 1. The molecule has 0 saturated heterocycles. The molecule has 0 unspecified atom stereocenters. The molecule has 0 aromatic heterocycles. The molecule has 3 N–H and O–H groups in total. The number of hydrogen-bond donors (Lipinski definition) is 2. The Morgan fingerprint density at radius 2 is 2.21 bits per heavy atom. The fourth-order valence-electron chi connectivity index (χ4n) is 0.981. The quantitative estimate of drug-likeness (QED) is 0.548. The van der Waals surface area contributed by atoms with E-state index in [1.165, 1.54) is 19.1 Å². The van der Waals surface area contributed by atoms with Crippen molar-refractivity contribution in [3.8, 4) is 5.75 Å². The molecule has 74 valence electrons. The third-order valence-electron chi connectivity index (χ3n) is 1.82. The number of nitrogens with two attached hydrogens (primary N) is 1. The van der Waals surface area contributed by atoms with Crippen LogP contribution in [0.5, 0.6) is 5.75 Å². The van der Waals surface area contributed by atoms with Crippen LogP contribution in [-0.4, -0.2) is 10.0 Å². The van der Waals surface area contributed by atoms with Crippen LogP contribution in [0.3, 0.4) is 0 Å². The topological polar surface area (TPSA) is 89.4 Å². The summed E-state index contributed by atoms with van der Waals surface area (Å²) < 4.78 is 0. The number of nitro groups is 1. The molecule has 0 bridgehead atoms. The summed E-state index contributed by atoms with van der Waals surface area (Å²) in [5.41, 5.74) is 5.91. The van der Waals surface area contributed by atoms with Gasteiger partial charge in [0.25, 0.3) is 5.70 Å². The van der Waals surface area contributed by atoms with Crippen molar-refractivity contribution in [2.75, 3.05) is 0 Å². The number of allylic oxidation sites excluding steroid dienone is 1. The Morgan fingerprint density at radius 1 is 1.57 bits per heavy atom. The molecule has 0 aliphatic heterocycles. The van der Waals surface area contributed by atoms with Crippen molar-refractivity contribution in [3.63, 3.8) is 0 Å². The SMILES string of the molecule is CC(=C(N)c1cccc(O)c1)[N+](=O)[O-]. The Hall–Kier alpha value is -2.04. The summed E-state index contributed by atoms with van der Waals surface area (Å²) in [4.78, 5) is 9.85. The second kappa shape index (κ2) is 3.78. The molecule has 0 heterocycles. The lowest BCUT2D eigenvalue weighted by atomic mass is 10.1. The van der Waals surface area contributed by atoms with Gasteiger partial charge in [0.1, 0.15) is 11.4 Å². The maximum atomic E-state index is 10.4. The van der Waals surface area contributed by atoms with Gasteiger partial charge in [-0.15, -0.1) is 0 Å². The van der Waals surface area contributed by atoms with Crippen LogP contribution in [-0.2, 0) is 0 Å². The monoisotopic (exact) mass is 194 g/mol. The van der Waals surface area contributed by atoms with Gasteiger partial charge in [-0.1, -0.05) is 12.1 Å². The highest BCUT2D eigenvalue weighted by atomic mass is 16.6. The highest BCUT2D eigenvalue weighted by Gasteiger charge is 2.11. The normalized spacial score (nSPS) is 12.1. The van der Waals surface area contributed by atoms with Gasteiger partial charge in [-0.3, -0.25) is 10.1 Å². The third-order valence-corrected chi connectivity index (χ3v) is 1.82. The Balaban J connectivity index is 3.18. The lowest BCUT2D eigenvalue weighted by molar-refractivity contribution is -0.423. The van der Waals surface area contributed by atoms with Gasteiger partial charge >= 0.3 is 0 Å². The average Bonchev–Trinajstić information content (AvgIpc) is 2.15. The average molecular weight is 194 g/mol. The molecular weight excluding hydrogens is 184 g/mol. The largest absolute Gasteiger partial charge is 0.508 e. The minimum atomic E-state index is -0.556. The lowest BCUT2D eigenvalue weighted by Crippen LogP contribution is -2.05. The van der Waals surface area contributed by atoms with Gasteiger partial charge in [0, 0.05) is 12.5 Å². The summed E-state index contributed by atoms with van der Waals surface area (Å²) in [5.74, 6) is 0.0293. The predicted octanol–water partition coefficient (Wildman–Crippen LogP) is 1.32. The standard InChI is InChI=1S/C9H10N2O3/c1-6(11(13)14)9(10)7-3-2-4-8(12)5-7/h2-5,12H,10H2,1H3. The van der Waals surface area contributed by atoms with Gasteiger partial charge in [0.2, 0.25) is 0 Å². The van der Waals surface area contributed by atoms with Gasteiger partial charge in [-0.25, -0.2) is 0 Å². The smallest absolute Gasteiger partial charge is 0.266 e. The van der Waals surface area contributed by atoms with Crippen LogP contribution in [0.1, 0.15) is 12.5 Å². The second-order valence-corrected chi connectivity index (χ2v) is 2.81. The van der Waals surface area contributed by atoms with Crippen molar-refractivity contribution in [2.45, 2.75) is 6.92 Å². The number of phenolic OH excluding ortho intramolecular Hbond substituents is 1. The fourth-order valence-corrected chi connectivity index (χ4v) is 0.981. The van der Waals surface area contributed by atoms with E-state index < -0.39 is 4.92 Å². The van der Waals surface area contributed by atoms with Crippen molar-refractivity contribution in [1.82, 2.24) is 0 Å². The maximum absolute atomic E-state index is 10.4. The van der Waals surface area contributed by atoms with Crippen molar-refractivity contribution in [3.05, 3.63) is 45.6 Å². The van der Waals surface area contributed by atoms with Crippen molar-refractivity contribution in [2.24, 2.45) is 5.73 Å². The van der Waals surface area contributed by atoms with Crippen LogP contribution in [0.2, 0.25) is 0 Å². The maximum Gasteiger partial charge on any atom is 0.266 e. The highest BCUT2D eigenvalue weighted by molar-refractivity contribution is 5.64. The van der Waals surface area contributed by atoms with Gasteiger partial charge in [0.15, 0.2) is 0 Å². The van der Waals surface area contributed by atoms with Gasteiger partial charge in [-0.2, -0.15) is 0 Å². The molecule has 0 atom stereocenters. The molecule has 14 heavy (non-hydrogen) atoms. The molecule has 0 aliphatic rings. The first kappa shape index (κ1) is 10.0. The summed E-state index contributed by atoms with van der Waals surface area (Å²) in [6.45, 7) is 1.32. The number of nitrogens with zero attached hydrogens (tertiary/aromatic N) is 1. The van der Waals surface area contributed by atoms with E-state index in [0.29, 0.717) is 5.56 Å². The van der Waals surface area contributed by atoms with E-state index in [2.05, 4.69) is 0 Å². The molecule has 0 saturated carbocycles. The van der Waals surface area contributed by atoms with Crippen molar-refractivity contribution in [1.29, 1.82) is 0 Å². The number of hydrogen-bond acceptors (Lipinski definition) is 4. The van der Waals surface area contributed by atoms with Gasteiger partial charge in [-0.05, 0) is 12.1 Å². The number of rotatable bonds is 2. The first-order valence-corrected chi connectivity index (χ1v) is 3.92. The predicted molar refractivity (Wildman–Crippen MR) is 51.9 cm³/mol. The molecule has 1 aromatic rings. The van der Waals surface area contributed by atoms with Crippen LogP contribution in [0.15, 0.2) is 30.0 Å². The van der Waals surface area contributed by atoms with Crippen molar-refractivity contribution < 1.29 is 10.0 Å². The van der Waals surface area contributed by atoms with Crippen LogP contribution >= 0.6 is 0 Å². The summed E-state index contributed by atoms with van der Waals surface area (Å²) in [6, 6.07) is 6.02. The minimum Gasteiger partial charge on any atom is -0.508 e. The highest BCUT2D eigenvalue weighted by Crippen LogP contribution is 2.18. The van der Waals surface area contributed by atoms with Crippen LogP contribution in [0, 0.1) is 10.1 Å². The molecule has 1 rings (SSSR count). The Labute approximate surface area is 80.6 Å². The van der Waals surface area contributed by atoms with Gasteiger partial charge in [0.05, 0.1) is 4.92 Å². The summed E-state index contributed by atoms with van der Waals surface area (Å²) in [5, 5.41) is 19.5. The Bertz CT molecular complexity index is 399. The van der Waals surface area contributed by atoms with Crippen molar-refractivity contribution >= 4 is 5.70 Å². The summed E-state index contributed by atoms with van der Waals surface area (Å²) in [7, 11) is 0. The molecule has 0 fully saturated rings. The number of benzene rings is 1. The first-order chi connectivity index (χ1) is 6.52.